The number of nitrogens with zero attached hydrogens (tertiary/aromatic N) is 2. The number of nitrogens with one attached hydrogen (secondary N) is 1. The van der Waals surface area contributed by atoms with Gasteiger partial charge in [0.2, 0.25) is 5.91 Å². The molecule has 1 amide bonds. The Hall–Kier alpha value is -2.76. The fourth-order valence-electron chi connectivity index (χ4n) is 3.21. The first kappa shape index (κ1) is 19.6. The number of halogens is 1. The highest BCUT2D eigenvalue weighted by Crippen LogP contribution is 2.26. The van der Waals surface area contributed by atoms with E-state index >= 15 is 0 Å². The summed E-state index contributed by atoms with van der Waals surface area (Å²) in [6, 6.07) is 25.5. The highest BCUT2D eigenvalue weighted by atomic mass is 35.5. The van der Waals surface area contributed by atoms with Gasteiger partial charge in [0.05, 0.1) is 18.8 Å². The number of carbonyl (C=O) groups excluding carboxylic acids is 1. The summed E-state index contributed by atoms with van der Waals surface area (Å²) in [5, 5.41) is 6.02. The van der Waals surface area contributed by atoms with Gasteiger partial charge in [0.15, 0.2) is 0 Å². The second kappa shape index (κ2) is 9.16. The number of amides is 1. The second-order valence-electron chi connectivity index (χ2n) is 6.65. The van der Waals surface area contributed by atoms with Gasteiger partial charge in [0, 0.05) is 16.3 Å². The lowest BCUT2D eigenvalue weighted by molar-refractivity contribution is -0.116. The molecule has 1 aliphatic heterocycles. The van der Waals surface area contributed by atoms with Crippen molar-refractivity contribution < 1.29 is 4.79 Å². The zero-order valence-corrected chi connectivity index (χ0v) is 17.3. The van der Waals surface area contributed by atoms with Gasteiger partial charge in [-0.2, -0.15) is 5.10 Å². The monoisotopic (exact) mass is 421 g/mol. The quantitative estimate of drug-likeness (QED) is 0.642. The molecule has 1 N–H and O–H groups in total. The second-order valence-corrected chi connectivity index (χ2v) is 8.05. The smallest absolute Gasteiger partial charge is 0.237 e. The van der Waals surface area contributed by atoms with Gasteiger partial charge in [0.25, 0.3) is 0 Å². The molecule has 0 bridgehead atoms. The van der Waals surface area contributed by atoms with E-state index in [-0.39, 0.29) is 5.91 Å². The minimum atomic E-state index is 0.0351. The molecule has 0 saturated carbocycles. The molecule has 0 atom stereocenters. The Morgan fingerprint density at radius 1 is 1.00 bits per heavy atom. The average Bonchev–Trinajstić information content (AvgIpc) is 2.75. The van der Waals surface area contributed by atoms with Gasteiger partial charge in [-0.3, -0.25) is 4.79 Å². The maximum Gasteiger partial charge on any atom is 0.237 e. The summed E-state index contributed by atoms with van der Waals surface area (Å²) in [5.74, 6) is 0.331. The van der Waals surface area contributed by atoms with Crippen molar-refractivity contribution in [1.82, 2.24) is 5.43 Å². The van der Waals surface area contributed by atoms with Crippen LogP contribution in [-0.2, 0) is 17.9 Å². The predicted octanol–water partition coefficient (Wildman–Crippen LogP) is 5.07. The molecular weight excluding hydrogens is 402 g/mol. The first-order valence-electron chi connectivity index (χ1n) is 9.32. The number of thioether (sulfide) groups is 1. The highest BCUT2D eigenvalue weighted by molar-refractivity contribution is 8.15. The molecule has 146 valence electrons. The Kier molecular flexibility index (Phi) is 6.17. The lowest BCUT2D eigenvalue weighted by atomic mass is 10.1. The van der Waals surface area contributed by atoms with E-state index in [9.17, 15) is 4.79 Å². The van der Waals surface area contributed by atoms with Gasteiger partial charge in [0.1, 0.15) is 5.04 Å². The fourth-order valence-corrected chi connectivity index (χ4v) is 4.28. The minimum absolute atomic E-state index is 0.0351. The molecule has 3 aromatic carbocycles. The number of anilines is 1. The first-order chi connectivity index (χ1) is 14.2. The van der Waals surface area contributed by atoms with Crippen LogP contribution in [0.3, 0.4) is 0 Å². The molecule has 0 saturated heterocycles. The molecule has 1 aliphatic rings. The zero-order chi connectivity index (χ0) is 20.1. The van der Waals surface area contributed by atoms with E-state index in [0.29, 0.717) is 23.9 Å². The van der Waals surface area contributed by atoms with Crippen molar-refractivity contribution in [3.05, 3.63) is 101 Å². The van der Waals surface area contributed by atoms with Crippen LogP contribution in [0, 0.1) is 0 Å². The number of carbonyl (C=O) groups is 1. The standard InChI is InChI=1S/C23H20ClN3OS/c24-20-11-6-7-17(13-20)15-27-21-12-5-4-10-19(21)14-25-26-23(29-16-22(27)28)18-8-2-1-3-9-18/h1-13,25H,14-16H2. The SMILES string of the molecule is O=C1CSC(c2ccccc2)=NNCc2ccccc2N1Cc1cccc(Cl)c1. The maximum atomic E-state index is 13.3. The third kappa shape index (κ3) is 4.81. The predicted molar refractivity (Wildman–Crippen MR) is 121 cm³/mol. The van der Waals surface area contributed by atoms with Crippen LogP contribution in [0.15, 0.2) is 84.0 Å². The number of hydrogen-bond donors (Lipinski definition) is 1. The van der Waals surface area contributed by atoms with Gasteiger partial charge < -0.3 is 10.3 Å². The number of rotatable bonds is 3. The molecule has 4 rings (SSSR count). The van der Waals surface area contributed by atoms with Crippen molar-refractivity contribution in [2.75, 3.05) is 10.7 Å². The first-order valence-corrected chi connectivity index (χ1v) is 10.7. The molecule has 0 unspecified atom stereocenters. The number of benzene rings is 3. The maximum absolute atomic E-state index is 13.3. The van der Waals surface area contributed by atoms with Gasteiger partial charge in [-0.1, -0.05) is 84.0 Å². The molecule has 1 heterocycles. The van der Waals surface area contributed by atoms with Crippen LogP contribution in [0.1, 0.15) is 16.7 Å². The van der Waals surface area contributed by atoms with Crippen LogP contribution in [0.25, 0.3) is 0 Å². The van der Waals surface area contributed by atoms with Crippen LogP contribution in [0.4, 0.5) is 5.69 Å². The molecule has 0 aromatic heterocycles. The molecular formula is C23H20ClN3OS. The van der Waals surface area contributed by atoms with Crippen molar-refractivity contribution in [1.29, 1.82) is 0 Å². The molecule has 0 radical (unpaired) electrons. The normalized spacial score (nSPS) is 14.6. The van der Waals surface area contributed by atoms with Crippen LogP contribution in [0.2, 0.25) is 5.02 Å². The number of hydrogen-bond acceptors (Lipinski definition) is 4. The lowest BCUT2D eigenvalue weighted by Gasteiger charge is -2.26. The van der Waals surface area contributed by atoms with Gasteiger partial charge in [-0.25, -0.2) is 0 Å². The van der Waals surface area contributed by atoms with Crippen molar-refractivity contribution in [3.8, 4) is 0 Å². The summed E-state index contributed by atoms with van der Waals surface area (Å²) in [6.45, 7) is 1.00. The average molecular weight is 422 g/mol. The van der Waals surface area contributed by atoms with E-state index in [0.717, 1.165) is 27.4 Å². The summed E-state index contributed by atoms with van der Waals surface area (Å²) >= 11 is 7.60. The van der Waals surface area contributed by atoms with Crippen LogP contribution in [-0.4, -0.2) is 16.7 Å². The van der Waals surface area contributed by atoms with E-state index < -0.39 is 0 Å². The Bertz CT molecular complexity index is 1040. The Morgan fingerprint density at radius 2 is 1.79 bits per heavy atom. The van der Waals surface area contributed by atoms with E-state index in [1.54, 1.807) is 0 Å². The van der Waals surface area contributed by atoms with Crippen molar-refractivity contribution in [3.63, 3.8) is 0 Å². The van der Waals surface area contributed by atoms with E-state index in [4.69, 9.17) is 11.6 Å². The van der Waals surface area contributed by atoms with Gasteiger partial charge >= 0.3 is 0 Å². The van der Waals surface area contributed by atoms with Gasteiger partial charge in [-0.05, 0) is 29.3 Å². The molecule has 0 aliphatic carbocycles. The third-order valence-corrected chi connectivity index (χ3v) is 5.84. The summed E-state index contributed by atoms with van der Waals surface area (Å²) in [7, 11) is 0. The Labute approximate surface area is 179 Å². The van der Waals surface area contributed by atoms with E-state index in [1.807, 2.05) is 83.8 Å². The topological polar surface area (TPSA) is 44.7 Å². The lowest BCUT2D eigenvalue weighted by Crippen LogP contribution is -2.34. The number of fused-ring (bicyclic) bond motifs is 1. The third-order valence-electron chi connectivity index (χ3n) is 4.62. The van der Waals surface area contributed by atoms with E-state index in [1.165, 1.54) is 11.8 Å². The molecule has 4 nitrogen and oxygen atoms in total. The minimum Gasteiger partial charge on any atom is -0.307 e. The largest absolute Gasteiger partial charge is 0.307 e. The number of para-hydroxylation sites is 1. The molecule has 0 fully saturated rings. The summed E-state index contributed by atoms with van der Waals surface area (Å²) < 4.78 is 0. The van der Waals surface area contributed by atoms with Crippen LogP contribution >= 0.6 is 23.4 Å². The molecule has 6 heteroatoms. The molecule has 29 heavy (non-hydrogen) atoms. The van der Waals surface area contributed by atoms with Crippen molar-refractivity contribution >= 4 is 40.0 Å². The Balaban J connectivity index is 1.68. The molecule has 0 spiro atoms. The zero-order valence-electron chi connectivity index (χ0n) is 15.7. The van der Waals surface area contributed by atoms with Crippen LogP contribution < -0.4 is 10.3 Å². The van der Waals surface area contributed by atoms with Crippen LogP contribution in [0.5, 0.6) is 0 Å². The molecule has 3 aromatic rings. The summed E-state index contributed by atoms with van der Waals surface area (Å²) in [4.78, 5) is 15.1. The summed E-state index contributed by atoms with van der Waals surface area (Å²) in [6.07, 6.45) is 0. The fraction of sp³-hybridized carbons (Fsp3) is 0.130. The van der Waals surface area contributed by atoms with Crippen molar-refractivity contribution in [2.45, 2.75) is 13.1 Å². The number of hydrazone groups is 1. The Morgan fingerprint density at radius 3 is 2.62 bits per heavy atom. The summed E-state index contributed by atoms with van der Waals surface area (Å²) in [5.41, 5.74) is 7.07. The van der Waals surface area contributed by atoms with Gasteiger partial charge in [-0.15, -0.1) is 0 Å². The van der Waals surface area contributed by atoms with Crippen molar-refractivity contribution in [2.24, 2.45) is 5.10 Å². The van der Waals surface area contributed by atoms with E-state index in [2.05, 4.69) is 10.5 Å². The highest BCUT2D eigenvalue weighted by Gasteiger charge is 2.21.